The minimum Gasteiger partial charge on any atom is -0.507 e. The second-order valence-corrected chi connectivity index (χ2v) is 8.03. The number of likely N-dealkylation sites (tertiary alicyclic amines) is 1. The molecule has 4 rings (SSSR count). The number of ketones is 1. The van der Waals surface area contributed by atoms with Gasteiger partial charge in [-0.25, -0.2) is 0 Å². The van der Waals surface area contributed by atoms with Crippen molar-refractivity contribution in [3.8, 4) is 0 Å². The molecular formula is C21H23N3O4S. The number of thiophene rings is 1. The van der Waals surface area contributed by atoms with E-state index in [9.17, 15) is 14.7 Å². The lowest BCUT2D eigenvalue weighted by Gasteiger charge is -2.28. The number of amides is 1. The number of hydrogen-bond acceptors (Lipinski definition) is 7. The number of rotatable bonds is 6. The first-order chi connectivity index (χ1) is 14.2. The van der Waals surface area contributed by atoms with Gasteiger partial charge in [-0.05, 0) is 30.0 Å². The second-order valence-electron chi connectivity index (χ2n) is 7.05. The highest BCUT2D eigenvalue weighted by molar-refractivity contribution is 7.10. The third kappa shape index (κ3) is 4.10. The van der Waals surface area contributed by atoms with E-state index in [0.29, 0.717) is 12.1 Å². The summed E-state index contributed by atoms with van der Waals surface area (Å²) in [5.41, 5.74) is 0.628. The molecule has 2 aliphatic rings. The van der Waals surface area contributed by atoms with E-state index in [4.69, 9.17) is 4.74 Å². The predicted molar refractivity (Wildman–Crippen MR) is 109 cm³/mol. The number of morpholine rings is 1. The van der Waals surface area contributed by atoms with Crippen LogP contribution in [0.15, 0.2) is 47.6 Å². The number of nitrogens with zero attached hydrogens (tertiary/aromatic N) is 3. The van der Waals surface area contributed by atoms with Gasteiger partial charge < -0.3 is 14.7 Å². The van der Waals surface area contributed by atoms with Gasteiger partial charge in [-0.2, -0.15) is 0 Å². The zero-order chi connectivity index (χ0) is 20.2. The Kier molecular flexibility index (Phi) is 6.03. The van der Waals surface area contributed by atoms with Crippen LogP contribution < -0.4 is 0 Å². The van der Waals surface area contributed by atoms with Crippen LogP contribution in [0.3, 0.4) is 0 Å². The van der Waals surface area contributed by atoms with E-state index in [2.05, 4.69) is 9.88 Å². The molecule has 0 spiro atoms. The average molecular weight is 413 g/mol. The van der Waals surface area contributed by atoms with Crippen molar-refractivity contribution in [2.75, 3.05) is 39.4 Å². The summed E-state index contributed by atoms with van der Waals surface area (Å²) >= 11 is 1.48. The molecule has 0 saturated carbocycles. The van der Waals surface area contributed by atoms with Gasteiger partial charge in [0.2, 0.25) is 0 Å². The molecular weight excluding hydrogens is 390 g/mol. The summed E-state index contributed by atoms with van der Waals surface area (Å²) in [6.07, 6.45) is 3.85. The van der Waals surface area contributed by atoms with Crippen LogP contribution in [0.5, 0.6) is 0 Å². The highest BCUT2D eigenvalue weighted by Gasteiger charge is 2.46. The molecule has 152 valence electrons. The van der Waals surface area contributed by atoms with Crippen LogP contribution >= 0.6 is 11.3 Å². The zero-order valence-corrected chi connectivity index (χ0v) is 16.8. The van der Waals surface area contributed by atoms with Gasteiger partial charge in [0, 0.05) is 49.0 Å². The van der Waals surface area contributed by atoms with Crippen molar-refractivity contribution >= 4 is 28.8 Å². The molecule has 29 heavy (non-hydrogen) atoms. The number of ether oxygens (including phenoxy) is 1. The molecule has 2 aromatic heterocycles. The van der Waals surface area contributed by atoms with Crippen LogP contribution in [0.1, 0.15) is 22.9 Å². The van der Waals surface area contributed by atoms with Crippen molar-refractivity contribution in [1.29, 1.82) is 0 Å². The van der Waals surface area contributed by atoms with Gasteiger partial charge in [0.05, 0.1) is 24.8 Å². The third-order valence-corrected chi connectivity index (χ3v) is 6.21. The number of aliphatic hydroxyl groups excluding tert-OH is 1. The van der Waals surface area contributed by atoms with E-state index in [1.54, 1.807) is 29.4 Å². The number of aliphatic hydroxyl groups is 1. The van der Waals surface area contributed by atoms with Gasteiger partial charge in [-0.15, -0.1) is 11.3 Å². The van der Waals surface area contributed by atoms with Gasteiger partial charge in [-0.3, -0.25) is 19.5 Å². The fraction of sp³-hybridized carbons (Fsp3) is 0.381. The molecule has 0 unspecified atom stereocenters. The van der Waals surface area contributed by atoms with Gasteiger partial charge in [0.25, 0.3) is 11.7 Å². The Morgan fingerprint density at radius 1 is 1.17 bits per heavy atom. The second kappa shape index (κ2) is 8.86. The largest absolute Gasteiger partial charge is 0.507 e. The minimum atomic E-state index is -0.635. The van der Waals surface area contributed by atoms with Crippen molar-refractivity contribution in [2.45, 2.75) is 12.5 Å². The monoisotopic (exact) mass is 413 g/mol. The molecule has 4 heterocycles. The number of hydrogen-bond donors (Lipinski definition) is 1. The summed E-state index contributed by atoms with van der Waals surface area (Å²) in [6, 6.07) is 6.49. The quantitative estimate of drug-likeness (QED) is 0.445. The molecule has 2 fully saturated rings. The Morgan fingerprint density at radius 3 is 2.62 bits per heavy atom. The summed E-state index contributed by atoms with van der Waals surface area (Å²) in [7, 11) is 0. The molecule has 2 aliphatic heterocycles. The van der Waals surface area contributed by atoms with E-state index >= 15 is 0 Å². The van der Waals surface area contributed by atoms with Gasteiger partial charge in [0.1, 0.15) is 5.76 Å². The molecule has 7 nitrogen and oxygen atoms in total. The zero-order valence-electron chi connectivity index (χ0n) is 16.0. The van der Waals surface area contributed by atoms with Crippen LogP contribution in [0.2, 0.25) is 0 Å². The van der Waals surface area contributed by atoms with E-state index in [0.717, 1.165) is 44.1 Å². The van der Waals surface area contributed by atoms with Crippen molar-refractivity contribution in [3.63, 3.8) is 0 Å². The molecule has 0 bridgehead atoms. The Labute approximate surface area is 173 Å². The van der Waals surface area contributed by atoms with Crippen LogP contribution in [0.4, 0.5) is 0 Å². The smallest absolute Gasteiger partial charge is 0.295 e. The fourth-order valence-electron chi connectivity index (χ4n) is 3.81. The first-order valence-electron chi connectivity index (χ1n) is 9.69. The minimum absolute atomic E-state index is 0.148. The van der Waals surface area contributed by atoms with Crippen LogP contribution in [0, 0.1) is 0 Å². The van der Waals surface area contributed by atoms with Gasteiger partial charge >= 0.3 is 0 Å². The summed E-state index contributed by atoms with van der Waals surface area (Å²) < 4.78 is 5.37. The first-order valence-corrected chi connectivity index (χ1v) is 10.6. The average Bonchev–Trinajstić information content (AvgIpc) is 3.37. The molecule has 0 aliphatic carbocycles. The number of Topliss-reactive ketones (excluding diaryl/α,β-unsaturated/α-hetero) is 1. The maximum atomic E-state index is 12.9. The van der Waals surface area contributed by atoms with Crippen LogP contribution in [-0.4, -0.2) is 71.0 Å². The third-order valence-electron chi connectivity index (χ3n) is 5.28. The summed E-state index contributed by atoms with van der Waals surface area (Å²) in [4.78, 5) is 34.4. The fourth-order valence-corrected chi connectivity index (χ4v) is 4.65. The van der Waals surface area contributed by atoms with Gasteiger partial charge in [0.15, 0.2) is 0 Å². The number of carbonyl (C=O) groups is 2. The Hall–Kier alpha value is -2.55. The molecule has 0 aromatic carbocycles. The predicted octanol–water partition coefficient (Wildman–Crippen LogP) is 2.29. The van der Waals surface area contributed by atoms with E-state index in [-0.39, 0.29) is 11.3 Å². The molecule has 2 aromatic rings. The van der Waals surface area contributed by atoms with E-state index in [1.165, 1.54) is 11.3 Å². The Balaban J connectivity index is 1.60. The lowest BCUT2D eigenvalue weighted by molar-refractivity contribution is -0.140. The lowest BCUT2D eigenvalue weighted by atomic mass is 10.0. The highest BCUT2D eigenvalue weighted by atomic mass is 32.1. The van der Waals surface area contributed by atoms with Crippen LogP contribution in [0.25, 0.3) is 5.76 Å². The molecule has 1 N–H and O–H groups in total. The number of carbonyl (C=O) groups excluding carboxylic acids is 2. The molecule has 0 radical (unpaired) electrons. The van der Waals surface area contributed by atoms with Crippen molar-refractivity contribution in [2.24, 2.45) is 0 Å². The van der Waals surface area contributed by atoms with Crippen molar-refractivity contribution in [1.82, 2.24) is 14.8 Å². The van der Waals surface area contributed by atoms with Crippen molar-refractivity contribution < 1.29 is 19.4 Å². The molecule has 1 atom stereocenters. The first kappa shape index (κ1) is 19.8. The normalized spacial score (nSPS) is 22.3. The topological polar surface area (TPSA) is 83.0 Å². The summed E-state index contributed by atoms with van der Waals surface area (Å²) in [5, 5.41) is 12.8. The SMILES string of the molecule is O=C1C(=O)N(CCCN2CCOCC2)[C@H](c2cccs2)C1=C(O)c1ccncc1. The summed E-state index contributed by atoms with van der Waals surface area (Å²) in [6.45, 7) is 4.52. The maximum absolute atomic E-state index is 12.9. The van der Waals surface area contributed by atoms with Crippen molar-refractivity contribution in [3.05, 3.63) is 58.1 Å². The maximum Gasteiger partial charge on any atom is 0.295 e. The number of pyridine rings is 1. The molecule has 2 saturated heterocycles. The van der Waals surface area contributed by atoms with Gasteiger partial charge in [-0.1, -0.05) is 6.07 Å². The Morgan fingerprint density at radius 2 is 1.93 bits per heavy atom. The highest BCUT2D eigenvalue weighted by Crippen LogP contribution is 2.40. The molecule has 1 amide bonds. The summed E-state index contributed by atoms with van der Waals surface area (Å²) in [5.74, 6) is -1.34. The standard InChI is InChI=1S/C21H23N3O4S/c25-19(15-4-6-22-7-5-15)17-18(16-3-1-14-29-16)24(21(27)20(17)26)9-2-8-23-10-12-28-13-11-23/h1,3-7,14,18,25H,2,8-13H2/t18-/m1/s1. The number of aromatic nitrogens is 1. The van der Waals surface area contributed by atoms with Crippen LogP contribution in [-0.2, 0) is 14.3 Å². The van der Waals surface area contributed by atoms with E-state index in [1.807, 2.05) is 17.5 Å². The molecule has 8 heteroatoms. The van der Waals surface area contributed by atoms with E-state index < -0.39 is 17.7 Å². The lowest BCUT2D eigenvalue weighted by Crippen LogP contribution is -2.38. The Bertz CT molecular complexity index is 892.